The van der Waals surface area contributed by atoms with Crippen LogP contribution in [0.15, 0.2) is 18.2 Å². The number of rotatable bonds is 5. The molecule has 0 saturated heterocycles. The van der Waals surface area contributed by atoms with Crippen molar-refractivity contribution in [1.82, 2.24) is 0 Å². The largest absolute Gasteiger partial charge is 0.428 e. The fraction of sp³-hybridized carbons (Fsp3) is 0.571. The molecule has 1 N–H and O–H groups in total. The van der Waals surface area contributed by atoms with E-state index in [4.69, 9.17) is 0 Å². The molecule has 0 radical (unpaired) electrons. The Kier molecular flexibility index (Phi) is 5.48. The molecule has 1 nitrogen and oxygen atoms in total. The number of halogens is 7. The highest BCUT2D eigenvalue weighted by Crippen LogP contribution is 2.45. The third-order valence-corrected chi connectivity index (χ3v) is 3.34. The van der Waals surface area contributed by atoms with E-state index in [0.29, 0.717) is 0 Å². The highest BCUT2D eigenvalue weighted by Gasteiger charge is 2.63. The fourth-order valence-corrected chi connectivity index (χ4v) is 2.08. The molecule has 0 saturated carbocycles. The van der Waals surface area contributed by atoms with Crippen LogP contribution in [0.2, 0.25) is 0 Å². The topological polar surface area (TPSA) is 20.2 Å². The Morgan fingerprint density at radius 1 is 1.05 bits per heavy atom. The van der Waals surface area contributed by atoms with Gasteiger partial charge in [0.25, 0.3) is 12.1 Å². The summed E-state index contributed by atoms with van der Waals surface area (Å²) in [5.74, 6) is -1.19. The summed E-state index contributed by atoms with van der Waals surface area (Å²) in [5.41, 5.74) is -4.94. The lowest BCUT2D eigenvalue weighted by Crippen LogP contribution is -2.48. The summed E-state index contributed by atoms with van der Waals surface area (Å²) >= 11 is 0. The molecule has 0 bridgehead atoms. The summed E-state index contributed by atoms with van der Waals surface area (Å²) in [6.07, 6.45) is -14.3. The lowest BCUT2D eigenvalue weighted by molar-refractivity contribution is -0.276. The van der Waals surface area contributed by atoms with E-state index >= 15 is 0 Å². The molecule has 8 heteroatoms. The van der Waals surface area contributed by atoms with Gasteiger partial charge in [-0.15, -0.1) is 0 Å². The number of hydrogen-bond donors (Lipinski definition) is 1. The fourth-order valence-electron chi connectivity index (χ4n) is 2.08. The van der Waals surface area contributed by atoms with Crippen LogP contribution in [0.5, 0.6) is 0 Å². The van der Waals surface area contributed by atoms with Crippen molar-refractivity contribution in [1.29, 1.82) is 0 Å². The molecule has 1 aromatic carbocycles. The highest BCUT2D eigenvalue weighted by molar-refractivity contribution is 5.32. The number of aliphatic hydroxyl groups is 1. The summed E-state index contributed by atoms with van der Waals surface area (Å²) in [6.45, 7) is 3.23. The molecule has 0 aromatic heterocycles. The van der Waals surface area contributed by atoms with Crippen LogP contribution in [-0.2, 0) is 0 Å². The summed E-state index contributed by atoms with van der Waals surface area (Å²) < 4.78 is 89.5. The molecule has 0 aliphatic rings. The van der Waals surface area contributed by atoms with Gasteiger partial charge >= 0.3 is 6.18 Å². The van der Waals surface area contributed by atoms with Crippen LogP contribution in [0, 0.1) is 5.82 Å². The lowest BCUT2D eigenvalue weighted by atomic mass is 9.88. The summed E-state index contributed by atoms with van der Waals surface area (Å²) in [6, 6.07) is 2.96. The second-order valence-electron chi connectivity index (χ2n) is 5.31. The molecule has 0 heterocycles. The van der Waals surface area contributed by atoms with Crippen molar-refractivity contribution in [3.05, 3.63) is 35.1 Å². The van der Waals surface area contributed by atoms with Crippen molar-refractivity contribution in [3.8, 4) is 0 Å². The van der Waals surface area contributed by atoms with Gasteiger partial charge in [-0.3, -0.25) is 0 Å². The Bertz CT molecular complexity index is 512. The number of aliphatic hydroxyl groups excluding tert-OH is 1. The van der Waals surface area contributed by atoms with Gasteiger partial charge in [-0.1, -0.05) is 19.9 Å². The number of benzene rings is 1. The zero-order chi connectivity index (χ0) is 17.3. The van der Waals surface area contributed by atoms with E-state index in [0.717, 1.165) is 12.1 Å². The Labute approximate surface area is 122 Å². The van der Waals surface area contributed by atoms with E-state index < -0.39 is 36.6 Å². The second-order valence-corrected chi connectivity index (χ2v) is 5.31. The van der Waals surface area contributed by atoms with Gasteiger partial charge in [-0.2, -0.15) is 13.2 Å². The van der Waals surface area contributed by atoms with Gasteiger partial charge in [0, 0.05) is 6.42 Å². The summed E-state index contributed by atoms with van der Waals surface area (Å²) in [7, 11) is 0. The third kappa shape index (κ3) is 3.71. The van der Waals surface area contributed by atoms with E-state index in [9.17, 15) is 35.8 Å². The Morgan fingerprint density at radius 2 is 1.59 bits per heavy atom. The molecule has 2 unspecified atom stereocenters. The Balaban J connectivity index is 3.21. The molecule has 0 aliphatic carbocycles. The van der Waals surface area contributed by atoms with Gasteiger partial charge < -0.3 is 5.11 Å². The van der Waals surface area contributed by atoms with Gasteiger partial charge in [-0.25, -0.2) is 17.6 Å². The van der Waals surface area contributed by atoms with Crippen molar-refractivity contribution < 1.29 is 35.8 Å². The molecule has 1 aromatic rings. The normalized spacial score (nSPS) is 16.9. The maximum Gasteiger partial charge on any atom is 0.428 e. The zero-order valence-electron chi connectivity index (χ0n) is 11.8. The maximum atomic E-state index is 13.7. The van der Waals surface area contributed by atoms with Crippen LogP contribution in [-0.4, -0.2) is 23.4 Å². The molecule has 22 heavy (non-hydrogen) atoms. The predicted octanol–water partition coefficient (Wildman–Crippen LogP) is 4.91. The molecule has 1 rings (SSSR count). The van der Waals surface area contributed by atoms with E-state index in [1.165, 1.54) is 6.07 Å². The molecule has 126 valence electrons. The minimum absolute atomic E-state index is 0.257. The maximum absolute atomic E-state index is 13.7. The van der Waals surface area contributed by atoms with Crippen molar-refractivity contribution in [3.63, 3.8) is 0 Å². The standard InChI is InChI=1S/C14H15F7O/c1-7(2)9-4-3-8(15)5-10(9)11(22)6-13(18,12(16)17)14(19,20)21/h3-5,7,11-12,22H,6H2,1-2H3. The van der Waals surface area contributed by atoms with E-state index in [1.54, 1.807) is 13.8 Å². The molecular formula is C14H15F7O. The summed E-state index contributed by atoms with van der Waals surface area (Å²) in [4.78, 5) is 0. The van der Waals surface area contributed by atoms with E-state index in [1.807, 2.05) is 0 Å². The van der Waals surface area contributed by atoms with Crippen LogP contribution in [0.1, 0.15) is 43.4 Å². The predicted molar refractivity (Wildman–Crippen MR) is 66.0 cm³/mol. The lowest BCUT2D eigenvalue weighted by Gasteiger charge is -2.30. The van der Waals surface area contributed by atoms with E-state index in [-0.39, 0.29) is 17.0 Å². The van der Waals surface area contributed by atoms with Gasteiger partial charge in [0.15, 0.2) is 0 Å². The van der Waals surface area contributed by atoms with Gasteiger partial charge in [-0.05, 0) is 29.2 Å². The Hall–Kier alpha value is -1.31. The van der Waals surface area contributed by atoms with Crippen molar-refractivity contribution in [2.45, 2.75) is 50.6 Å². The number of hydrogen-bond acceptors (Lipinski definition) is 1. The first-order valence-electron chi connectivity index (χ1n) is 6.41. The molecule has 0 amide bonds. The molecular weight excluding hydrogens is 317 g/mol. The summed E-state index contributed by atoms with van der Waals surface area (Å²) in [5, 5.41) is 9.78. The SMILES string of the molecule is CC(C)c1ccc(F)cc1C(O)CC(F)(C(F)F)C(F)(F)F. The average Bonchev–Trinajstić information content (AvgIpc) is 2.36. The van der Waals surface area contributed by atoms with E-state index in [2.05, 4.69) is 0 Å². The first-order chi connectivity index (χ1) is 9.90. The quantitative estimate of drug-likeness (QED) is 0.760. The van der Waals surface area contributed by atoms with Gasteiger partial charge in [0.1, 0.15) is 5.82 Å². The molecule has 0 fully saturated rings. The number of alkyl halides is 6. The first-order valence-corrected chi connectivity index (χ1v) is 6.41. The van der Waals surface area contributed by atoms with Gasteiger partial charge in [0.2, 0.25) is 0 Å². The van der Waals surface area contributed by atoms with Crippen molar-refractivity contribution in [2.24, 2.45) is 0 Å². The second kappa shape index (κ2) is 6.44. The van der Waals surface area contributed by atoms with Crippen LogP contribution < -0.4 is 0 Å². The van der Waals surface area contributed by atoms with Crippen molar-refractivity contribution in [2.75, 3.05) is 0 Å². The molecule has 2 atom stereocenters. The Morgan fingerprint density at radius 3 is 2.00 bits per heavy atom. The van der Waals surface area contributed by atoms with Gasteiger partial charge in [0.05, 0.1) is 6.10 Å². The molecule has 0 aliphatic heterocycles. The van der Waals surface area contributed by atoms with Crippen molar-refractivity contribution >= 4 is 0 Å². The first kappa shape index (κ1) is 18.7. The highest BCUT2D eigenvalue weighted by atomic mass is 19.4. The third-order valence-electron chi connectivity index (χ3n) is 3.34. The van der Waals surface area contributed by atoms with Crippen LogP contribution in [0.25, 0.3) is 0 Å². The van der Waals surface area contributed by atoms with Crippen LogP contribution in [0.3, 0.4) is 0 Å². The minimum Gasteiger partial charge on any atom is -0.388 e. The minimum atomic E-state index is -5.85. The molecule has 0 spiro atoms. The van der Waals surface area contributed by atoms with Crippen LogP contribution in [0.4, 0.5) is 30.7 Å². The monoisotopic (exact) mass is 332 g/mol. The average molecular weight is 332 g/mol. The zero-order valence-corrected chi connectivity index (χ0v) is 11.8. The van der Waals surface area contributed by atoms with Crippen LogP contribution >= 0.6 is 0 Å². The smallest absolute Gasteiger partial charge is 0.388 e.